The Morgan fingerprint density at radius 1 is 1.27 bits per heavy atom. The molecule has 0 atom stereocenters. The molecule has 0 spiro atoms. The number of hydrogen-bond acceptors (Lipinski definition) is 6. The van der Waals surface area contributed by atoms with Crippen LogP contribution in [0.2, 0.25) is 0 Å². The van der Waals surface area contributed by atoms with Crippen LogP contribution in [-0.2, 0) is 13.1 Å². The van der Waals surface area contributed by atoms with Gasteiger partial charge in [0.25, 0.3) is 5.91 Å². The van der Waals surface area contributed by atoms with Crippen molar-refractivity contribution in [3.63, 3.8) is 0 Å². The molecule has 9 heteroatoms. The van der Waals surface area contributed by atoms with Gasteiger partial charge in [-0.05, 0) is 43.4 Å². The average Bonchev–Trinajstić information content (AvgIpc) is 3.37. The zero-order valence-corrected chi connectivity index (χ0v) is 16.3. The summed E-state index contributed by atoms with van der Waals surface area (Å²) >= 11 is 8.23. The molecule has 0 bridgehead atoms. The summed E-state index contributed by atoms with van der Waals surface area (Å²) in [6.45, 7) is 3.02. The van der Waals surface area contributed by atoms with Crippen LogP contribution in [0.1, 0.15) is 22.4 Å². The first-order valence-electron chi connectivity index (χ1n) is 8.03. The fourth-order valence-electron chi connectivity index (χ4n) is 2.61. The number of carbonyl (C=O) groups excluding carboxylic acids is 1. The highest BCUT2D eigenvalue weighted by Gasteiger charge is 2.14. The summed E-state index contributed by atoms with van der Waals surface area (Å²) in [5.74, 6) is 0.590. The average molecular weight is 402 g/mol. The maximum atomic E-state index is 12.5. The van der Waals surface area contributed by atoms with Gasteiger partial charge in [-0.2, -0.15) is 5.10 Å². The van der Waals surface area contributed by atoms with Crippen molar-refractivity contribution in [2.45, 2.75) is 20.0 Å². The van der Waals surface area contributed by atoms with E-state index in [0.29, 0.717) is 28.6 Å². The Labute approximate surface area is 162 Å². The molecule has 0 saturated heterocycles. The molecule has 26 heavy (non-hydrogen) atoms. The fraction of sp³-hybridized carbons (Fsp3) is 0.176. The predicted molar refractivity (Wildman–Crippen MR) is 107 cm³/mol. The number of fused-ring (bicyclic) bond motifs is 1. The van der Waals surface area contributed by atoms with E-state index >= 15 is 0 Å². The van der Waals surface area contributed by atoms with Crippen LogP contribution in [0.15, 0.2) is 36.4 Å². The quantitative estimate of drug-likeness (QED) is 0.491. The molecule has 4 rings (SSSR count). The number of thiazole rings is 1. The van der Waals surface area contributed by atoms with E-state index in [9.17, 15) is 4.79 Å². The molecule has 3 heterocycles. The van der Waals surface area contributed by atoms with Gasteiger partial charge in [-0.15, -0.1) is 22.7 Å². The third kappa shape index (κ3) is 3.20. The van der Waals surface area contributed by atoms with Crippen molar-refractivity contribution in [1.82, 2.24) is 25.1 Å². The van der Waals surface area contributed by atoms with E-state index in [0.717, 1.165) is 20.1 Å². The minimum atomic E-state index is -0.126. The van der Waals surface area contributed by atoms with Crippen molar-refractivity contribution in [1.29, 1.82) is 0 Å². The van der Waals surface area contributed by atoms with E-state index in [-0.39, 0.29) is 5.91 Å². The largest absolute Gasteiger partial charge is 0.344 e. The number of amides is 1. The lowest BCUT2D eigenvalue weighted by molar-refractivity contribution is 0.0953. The van der Waals surface area contributed by atoms with E-state index in [1.165, 1.54) is 11.3 Å². The normalized spacial score (nSPS) is 11.1. The van der Waals surface area contributed by atoms with E-state index < -0.39 is 0 Å². The lowest BCUT2D eigenvalue weighted by Gasteiger charge is -2.04. The number of thiophene rings is 1. The molecule has 0 aliphatic heterocycles. The lowest BCUT2D eigenvalue weighted by atomic mass is 10.3. The van der Waals surface area contributed by atoms with Crippen molar-refractivity contribution < 1.29 is 4.79 Å². The standard InChI is InChI=1S/C17H15N5OS3/c1-2-22-14(20-21-17(22)24)9-18-15(23)12-7-8-13(25-12)16-19-10-5-3-4-6-11(10)26-16/h3-8H,2,9H2,1H3,(H,18,23)(H,21,24). The SMILES string of the molecule is CCn1c(CNC(=O)c2ccc(-c3nc4ccccc4s3)s2)n[nH]c1=S. The smallest absolute Gasteiger partial charge is 0.261 e. The number of aromatic amines is 1. The van der Waals surface area contributed by atoms with Crippen LogP contribution in [-0.4, -0.2) is 25.7 Å². The van der Waals surface area contributed by atoms with Crippen molar-refractivity contribution in [3.05, 3.63) is 51.9 Å². The first-order valence-corrected chi connectivity index (χ1v) is 10.1. The van der Waals surface area contributed by atoms with Gasteiger partial charge in [0, 0.05) is 6.54 Å². The van der Waals surface area contributed by atoms with Crippen molar-refractivity contribution in [2.24, 2.45) is 0 Å². The predicted octanol–water partition coefficient (Wildman–Crippen LogP) is 4.23. The van der Waals surface area contributed by atoms with Crippen LogP contribution in [0, 0.1) is 4.77 Å². The zero-order chi connectivity index (χ0) is 18.1. The molecular weight excluding hydrogens is 386 g/mol. The number of para-hydroxylation sites is 1. The van der Waals surface area contributed by atoms with Crippen LogP contribution in [0.3, 0.4) is 0 Å². The van der Waals surface area contributed by atoms with Gasteiger partial charge in [0.2, 0.25) is 0 Å². The van der Waals surface area contributed by atoms with Crippen LogP contribution >= 0.6 is 34.9 Å². The highest BCUT2D eigenvalue weighted by Crippen LogP contribution is 2.34. The maximum Gasteiger partial charge on any atom is 0.261 e. The van der Waals surface area contributed by atoms with Gasteiger partial charge < -0.3 is 9.88 Å². The van der Waals surface area contributed by atoms with Crippen molar-refractivity contribution >= 4 is 51.0 Å². The van der Waals surface area contributed by atoms with Crippen molar-refractivity contribution in [2.75, 3.05) is 0 Å². The second-order valence-electron chi connectivity index (χ2n) is 5.52. The number of benzene rings is 1. The Hall–Kier alpha value is -2.36. The Bertz CT molecular complexity index is 1100. The number of nitrogens with one attached hydrogen (secondary N) is 2. The molecule has 1 amide bonds. The Balaban J connectivity index is 1.50. The molecule has 0 aliphatic rings. The van der Waals surface area contributed by atoms with E-state index in [1.54, 1.807) is 11.3 Å². The molecule has 3 aromatic heterocycles. The summed E-state index contributed by atoms with van der Waals surface area (Å²) in [4.78, 5) is 18.7. The summed E-state index contributed by atoms with van der Waals surface area (Å²) in [5.41, 5.74) is 0.981. The monoisotopic (exact) mass is 401 g/mol. The first-order chi connectivity index (χ1) is 12.7. The Morgan fingerprint density at radius 2 is 2.12 bits per heavy atom. The summed E-state index contributed by atoms with van der Waals surface area (Å²) in [5, 5.41) is 10.7. The summed E-state index contributed by atoms with van der Waals surface area (Å²) < 4.78 is 3.56. The molecule has 1 aromatic carbocycles. The fourth-order valence-corrected chi connectivity index (χ4v) is 4.83. The highest BCUT2D eigenvalue weighted by molar-refractivity contribution is 7.71. The van der Waals surface area contributed by atoms with Gasteiger partial charge in [-0.1, -0.05) is 12.1 Å². The first kappa shape index (κ1) is 17.1. The lowest BCUT2D eigenvalue weighted by Crippen LogP contribution is -2.23. The molecule has 0 radical (unpaired) electrons. The second kappa shape index (κ2) is 7.10. The highest BCUT2D eigenvalue weighted by atomic mass is 32.1. The van der Waals surface area contributed by atoms with Crippen LogP contribution < -0.4 is 5.32 Å². The number of aromatic nitrogens is 4. The second-order valence-corrected chi connectivity index (χ2v) is 8.02. The topological polar surface area (TPSA) is 75.6 Å². The van der Waals surface area contributed by atoms with Gasteiger partial charge >= 0.3 is 0 Å². The molecule has 0 saturated carbocycles. The molecule has 0 aliphatic carbocycles. The molecule has 0 fully saturated rings. The maximum absolute atomic E-state index is 12.5. The summed E-state index contributed by atoms with van der Waals surface area (Å²) in [6.07, 6.45) is 0. The van der Waals surface area contributed by atoms with Crippen molar-refractivity contribution in [3.8, 4) is 9.88 Å². The third-order valence-corrected chi connectivity index (χ3v) is 6.50. The van der Waals surface area contributed by atoms with E-state index in [1.807, 2.05) is 41.8 Å². The number of hydrogen-bond donors (Lipinski definition) is 2. The van der Waals surface area contributed by atoms with E-state index in [2.05, 4.69) is 26.6 Å². The summed E-state index contributed by atoms with van der Waals surface area (Å²) in [7, 11) is 0. The van der Waals surface area contributed by atoms with Gasteiger partial charge in [-0.25, -0.2) is 4.98 Å². The number of carbonyl (C=O) groups is 1. The van der Waals surface area contributed by atoms with Gasteiger partial charge in [0.05, 0.1) is 26.5 Å². The van der Waals surface area contributed by atoms with Crippen LogP contribution in [0.5, 0.6) is 0 Å². The number of H-pyrrole nitrogens is 1. The van der Waals surface area contributed by atoms with Crippen LogP contribution in [0.25, 0.3) is 20.1 Å². The molecule has 2 N–H and O–H groups in total. The molecule has 6 nitrogen and oxygen atoms in total. The van der Waals surface area contributed by atoms with Crippen LogP contribution in [0.4, 0.5) is 0 Å². The molecular formula is C17H15N5OS3. The van der Waals surface area contributed by atoms with Gasteiger partial charge in [0.15, 0.2) is 10.6 Å². The third-order valence-electron chi connectivity index (χ3n) is 3.90. The van der Waals surface area contributed by atoms with E-state index in [4.69, 9.17) is 12.2 Å². The molecule has 132 valence electrons. The minimum absolute atomic E-state index is 0.126. The minimum Gasteiger partial charge on any atom is -0.344 e. The summed E-state index contributed by atoms with van der Waals surface area (Å²) in [6, 6.07) is 11.8. The number of nitrogens with zero attached hydrogens (tertiary/aromatic N) is 3. The molecule has 4 aromatic rings. The number of rotatable bonds is 5. The molecule has 0 unspecified atom stereocenters. The van der Waals surface area contributed by atoms with Gasteiger partial charge in [0.1, 0.15) is 5.01 Å². The Kier molecular flexibility index (Phi) is 4.66. The zero-order valence-electron chi connectivity index (χ0n) is 13.9. The van der Waals surface area contributed by atoms with Gasteiger partial charge in [-0.3, -0.25) is 9.89 Å². The Morgan fingerprint density at radius 3 is 2.92 bits per heavy atom.